The first-order valence-corrected chi connectivity index (χ1v) is 7.10. The van der Waals surface area contributed by atoms with Crippen LogP contribution < -0.4 is 0 Å². The summed E-state index contributed by atoms with van der Waals surface area (Å²) < 4.78 is 5.13. The highest BCUT2D eigenvalue weighted by Gasteiger charge is 2.40. The third-order valence-electron chi connectivity index (χ3n) is 3.75. The van der Waals surface area contributed by atoms with Crippen molar-refractivity contribution >= 4 is 11.8 Å². The van der Waals surface area contributed by atoms with Gasteiger partial charge in [-0.2, -0.15) is 0 Å². The van der Waals surface area contributed by atoms with E-state index in [0.717, 1.165) is 12.0 Å². The lowest BCUT2D eigenvalue weighted by molar-refractivity contribution is -0.149. The van der Waals surface area contributed by atoms with Gasteiger partial charge in [-0.25, -0.2) is 0 Å². The Balaban J connectivity index is 2.16. The van der Waals surface area contributed by atoms with Crippen molar-refractivity contribution in [3.8, 4) is 0 Å². The number of carbonyl (C=O) groups is 2. The van der Waals surface area contributed by atoms with Gasteiger partial charge in [0.15, 0.2) is 0 Å². The molecule has 0 saturated carbocycles. The number of hydrogen-bond donors (Lipinski definition) is 0. The number of nitrogens with zero attached hydrogens (tertiary/aromatic N) is 1. The number of Topliss-reactive ketones (excluding diaryl/α,β-unsaturated/α-hetero) is 1. The number of rotatable bonds is 5. The van der Waals surface area contributed by atoms with Gasteiger partial charge in [0.05, 0.1) is 12.6 Å². The molecular weight excluding hydrogens is 254 g/mol. The number of carbonyl (C=O) groups excluding carboxylic acids is 2. The van der Waals surface area contributed by atoms with Gasteiger partial charge < -0.3 is 4.74 Å². The zero-order valence-electron chi connectivity index (χ0n) is 12.0. The smallest absolute Gasteiger partial charge is 0.323 e. The minimum Gasteiger partial charge on any atom is -0.465 e. The van der Waals surface area contributed by atoms with Crippen LogP contribution in [0, 0.1) is 0 Å². The summed E-state index contributed by atoms with van der Waals surface area (Å²) in [4.78, 5) is 25.8. The average Bonchev–Trinajstić information content (AvgIpc) is 2.84. The molecule has 0 aliphatic carbocycles. The molecule has 1 aliphatic rings. The number of esters is 1. The predicted molar refractivity (Wildman–Crippen MR) is 76.1 cm³/mol. The maximum absolute atomic E-state index is 12.0. The van der Waals surface area contributed by atoms with Crippen LogP contribution in [0.5, 0.6) is 0 Å². The quantitative estimate of drug-likeness (QED) is 0.773. The van der Waals surface area contributed by atoms with E-state index >= 15 is 0 Å². The summed E-state index contributed by atoms with van der Waals surface area (Å²) >= 11 is 0. The first kappa shape index (κ1) is 14.7. The van der Waals surface area contributed by atoms with E-state index in [4.69, 9.17) is 4.74 Å². The largest absolute Gasteiger partial charge is 0.465 e. The number of likely N-dealkylation sites (tertiary alicyclic amines) is 1. The minimum absolute atomic E-state index is 0.118. The molecule has 1 aromatic carbocycles. The predicted octanol–water partition coefficient (Wildman–Crippen LogP) is 2.17. The molecule has 0 unspecified atom stereocenters. The van der Waals surface area contributed by atoms with Crippen molar-refractivity contribution in [3.63, 3.8) is 0 Å². The first-order chi connectivity index (χ1) is 9.63. The third kappa shape index (κ3) is 3.25. The molecule has 1 heterocycles. The number of ether oxygens (including phenoxy) is 1. The van der Waals surface area contributed by atoms with E-state index in [9.17, 15) is 9.59 Å². The van der Waals surface area contributed by atoms with Crippen molar-refractivity contribution in [2.24, 2.45) is 0 Å². The van der Waals surface area contributed by atoms with Crippen LogP contribution in [0.3, 0.4) is 0 Å². The fraction of sp³-hybridized carbons (Fsp3) is 0.500. The summed E-state index contributed by atoms with van der Waals surface area (Å²) in [6, 6.07) is 9.43. The van der Waals surface area contributed by atoms with Gasteiger partial charge in [-0.05, 0) is 32.3 Å². The molecule has 1 aliphatic heterocycles. The van der Waals surface area contributed by atoms with Crippen molar-refractivity contribution in [1.29, 1.82) is 0 Å². The van der Waals surface area contributed by atoms with Crippen molar-refractivity contribution in [2.45, 2.75) is 45.3 Å². The molecule has 1 fully saturated rings. The Bertz CT molecular complexity index is 472. The van der Waals surface area contributed by atoms with Crippen LogP contribution in [-0.2, 0) is 20.9 Å². The molecule has 108 valence electrons. The van der Waals surface area contributed by atoms with Gasteiger partial charge in [-0.1, -0.05) is 30.3 Å². The monoisotopic (exact) mass is 275 g/mol. The molecule has 2 rings (SSSR count). The Hall–Kier alpha value is -1.68. The molecule has 0 N–H and O–H groups in total. The number of hydrogen-bond acceptors (Lipinski definition) is 4. The maximum atomic E-state index is 12.0. The Morgan fingerprint density at radius 1 is 1.20 bits per heavy atom. The van der Waals surface area contributed by atoms with Crippen molar-refractivity contribution in [1.82, 2.24) is 4.90 Å². The van der Waals surface area contributed by atoms with Crippen molar-refractivity contribution in [2.75, 3.05) is 6.61 Å². The Morgan fingerprint density at radius 3 is 2.45 bits per heavy atom. The van der Waals surface area contributed by atoms with Crippen LogP contribution in [0.4, 0.5) is 0 Å². The Morgan fingerprint density at radius 2 is 1.85 bits per heavy atom. The van der Waals surface area contributed by atoms with Crippen LogP contribution in [0.1, 0.15) is 32.3 Å². The van der Waals surface area contributed by atoms with E-state index < -0.39 is 0 Å². The van der Waals surface area contributed by atoms with Crippen LogP contribution in [0.25, 0.3) is 0 Å². The Labute approximate surface area is 119 Å². The average molecular weight is 275 g/mol. The van der Waals surface area contributed by atoms with E-state index in [1.807, 2.05) is 35.2 Å². The van der Waals surface area contributed by atoms with Crippen LogP contribution >= 0.6 is 0 Å². The van der Waals surface area contributed by atoms with Crippen molar-refractivity contribution < 1.29 is 14.3 Å². The van der Waals surface area contributed by atoms with Gasteiger partial charge in [-0.15, -0.1) is 0 Å². The third-order valence-corrected chi connectivity index (χ3v) is 3.75. The summed E-state index contributed by atoms with van der Waals surface area (Å²) in [6.45, 7) is 4.38. The van der Waals surface area contributed by atoms with E-state index in [-0.39, 0.29) is 23.8 Å². The molecule has 0 amide bonds. The van der Waals surface area contributed by atoms with E-state index in [0.29, 0.717) is 19.6 Å². The van der Waals surface area contributed by atoms with Gasteiger partial charge in [0.2, 0.25) is 0 Å². The zero-order chi connectivity index (χ0) is 14.5. The fourth-order valence-electron chi connectivity index (χ4n) is 2.81. The molecular formula is C16H21NO3. The second-order valence-electron chi connectivity index (χ2n) is 5.13. The summed E-state index contributed by atoms with van der Waals surface area (Å²) in [6.07, 6.45) is 1.42. The molecule has 2 atom stereocenters. The van der Waals surface area contributed by atoms with Crippen LogP contribution in [0.15, 0.2) is 30.3 Å². The lowest BCUT2D eigenvalue weighted by atomic mass is 10.1. The van der Waals surface area contributed by atoms with Crippen LogP contribution in [-0.4, -0.2) is 35.3 Å². The lowest BCUT2D eigenvalue weighted by Gasteiger charge is -2.27. The van der Waals surface area contributed by atoms with Gasteiger partial charge >= 0.3 is 5.97 Å². The molecule has 0 aromatic heterocycles. The highest BCUT2D eigenvalue weighted by atomic mass is 16.5. The number of benzene rings is 1. The summed E-state index contributed by atoms with van der Waals surface area (Å²) in [5.74, 6) is -0.0973. The molecule has 1 saturated heterocycles. The fourth-order valence-corrected chi connectivity index (χ4v) is 2.81. The van der Waals surface area contributed by atoms with E-state index in [1.165, 1.54) is 0 Å². The highest BCUT2D eigenvalue weighted by Crippen LogP contribution is 2.27. The summed E-state index contributed by atoms with van der Waals surface area (Å²) in [5, 5.41) is 0. The van der Waals surface area contributed by atoms with E-state index in [1.54, 1.807) is 13.8 Å². The van der Waals surface area contributed by atoms with Gasteiger partial charge in [0.25, 0.3) is 0 Å². The molecule has 0 bridgehead atoms. The molecule has 0 radical (unpaired) electrons. The first-order valence-electron chi connectivity index (χ1n) is 7.10. The minimum atomic E-state index is -0.302. The topological polar surface area (TPSA) is 46.6 Å². The number of ketones is 1. The summed E-state index contributed by atoms with van der Waals surface area (Å²) in [5.41, 5.74) is 1.11. The molecule has 20 heavy (non-hydrogen) atoms. The normalized spacial score (nSPS) is 22.7. The molecule has 1 aromatic rings. The SMILES string of the molecule is CCOC(=O)[C@H]1CC[C@@H](C(C)=O)N1Cc1ccccc1. The molecule has 0 spiro atoms. The second kappa shape index (κ2) is 6.66. The zero-order valence-corrected chi connectivity index (χ0v) is 12.0. The maximum Gasteiger partial charge on any atom is 0.323 e. The van der Waals surface area contributed by atoms with Gasteiger partial charge in [0.1, 0.15) is 11.8 Å². The Kier molecular flexibility index (Phi) is 4.90. The van der Waals surface area contributed by atoms with Crippen molar-refractivity contribution in [3.05, 3.63) is 35.9 Å². The van der Waals surface area contributed by atoms with Gasteiger partial charge in [0, 0.05) is 6.54 Å². The van der Waals surface area contributed by atoms with Crippen LogP contribution in [0.2, 0.25) is 0 Å². The standard InChI is InChI=1S/C16H21NO3/c1-3-20-16(19)15-10-9-14(12(2)18)17(15)11-13-7-5-4-6-8-13/h4-8,14-15H,3,9-11H2,1-2H3/t14-,15+/m0/s1. The second-order valence-corrected chi connectivity index (χ2v) is 5.13. The lowest BCUT2D eigenvalue weighted by Crippen LogP contribution is -2.43. The molecule has 4 heteroatoms. The van der Waals surface area contributed by atoms with Gasteiger partial charge in [-0.3, -0.25) is 14.5 Å². The summed E-state index contributed by atoms with van der Waals surface area (Å²) in [7, 11) is 0. The van der Waals surface area contributed by atoms with E-state index in [2.05, 4.69) is 0 Å². The highest BCUT2D eigenvalue weighted by molar-refractivity contribution is 5.84. The molecule has 4 nitrogen and oxygen atoms in total.